The van der Waals surface area contributed by atoms with E-state index in [0.29, 0.717) is 22.1 Å². The number of pyridine rings is 1. The molecule has 0 atom stereocenters. The Morgan fingerprint density at radius 3 is 2.71 bits per heavy atom. The Hall–Kier alpha value is -4.70. The highest BCUT2D eigenvalue weighted by Crippen LogP contribution is 2.25. The van der Waals surface area contributed by atoms with E-state index in [1.54, 1.807) is 24.0 Å². The molecule has 0 fully saturated rings. The van der Waals surface area contributed by atoms with Crippen molar-refractivity contribution >= 4 is 34.0 Å². The highest BCUT2D eigenvalue weighted by Gasteiger charge is 2.15. The Bertz CT molecular complexity index is 1600. The van der Waals surface area contributed by atoms with Gasteiger partial charge in [-0.15, -0.1) is 16.4 Å². The lowest BCUT2D eigenvalue weighted by Crippen LogP contribution is -2.12. The molecule has 0 spiro atoms. The van der Waals surface area contributed by atoms with Crippen molar-refractivity contribution in [1.29, 1.82) is 0 Å². The SMILES string of the molecule is O=C(Nc1ccc2nc(-c3ccncc3)[nH]c2c1)c1csc(-c2cnn(-c3ccccc3)n2)n1. The van der Waals surface area contributed by atoms with Gasteiger partial charge in [0.15, 0.2) is 0 Å². The van der Waals surface area contributed by atoms with Crippen LogP contribution in [0, 0.1) is 0 Å². The van der Waals surface area contributed by atoms with Crippen LogP contribution in [-0.4, -0.2) is 40.8 Å². The van der Waals surface area contributed by atoms with E-state index in [0.717, 1.165) is 28.1 Å². The van der Waals surface area contributed by atoms with E-state index < -0.39 is 0 Å². The predicted octanol–water partition coefficient (Wildman–Crippen LogP) is 4.58. The third-order valence-corrected chi connectivity index (χ3v) is 5.99. The number of benzene rings is 2. The topological polar surface area (TPSA) is 114 Å². The van der Waals surface area contributed by atoms with E-state index in [1.807, 2.05) is 60.7 Å². The highest BCUT2D eigenvalue weighted by atomic mass is 32.1. The van der Waals surface area contributed by atoms with Crippen molar-refractivity contribution < 1.29 is 4.79 Å². The van der Waals surface area contributed by atoms with Crippen LogP contribution >= 0.6 is 11.3 Å². The third-order valence-electron chi connectivity index (χ3n) is 5.13. The van der Waals surface area contributed by atoms with Crippen LogP contribution in [0.4, 0.5) is 5.69 Å². The molecule has 0 unspecified atom stereocenters. The van der Waals surface area contributed by atoms with Crippen LogP contribution in [0.3, 0.4) is 0 Å². The number of aromatic nitrogens is 7. The molecular weight excluding hydrogens is 448 g/mol. The van der Waals surface area contributed by atoms with Crippen molar-refractivity contribution in [3.63, 3.8) is 0 Å². The number of anilines is 1. The molecule has 6 aromatic rings. The fourth-order valence-electron chi connectivity index (χ4n) is 3.47. The zero-order chi connectivity index (χ0) is 22.9. The minimum absolute atomic E-state index is 0.300. The number of amides is 1. The molecule has 34 heavy (non-hydrogen) atoms. The summed E-state index contributed by atoms with van der Waals surface area (Å²) in [7, 11) is 0. The van der Waals surface area contributed by atoms with Crippen LogP contribution < -0.4 is 5.32 Å². The molecule has 0 bridgehead atoms. The molecule has 4 aromatic heterocycles. The number of para-hydroxylation sites is 1. The first-order valence-electron chi connectivity index (χ1n) is 10.4. The van der Waals surface area contributed by atoms with Crippen LogP contribution in [-0.2, 0) is 0 Å². The van der Waals surface area contributed by atoms with Gasteiger partial charge in [-0.3, -0.25) is 9.78 Å². The molecule has 9 nitrogen and oxygen atoms in total. The number of thiazole rings is 1. The molecule has 10 heteroatoms. The first kappa shape index (κ1) is 19.9. The summed E-state index contributed by atoms with van der Waals surface area (Å²) in [6, 6.07) is 18.9. The van der Waals surface area contributed by atoms with Gasteiger partial charge < -0.3 is 10.3 Å². The monoisotopic (exact) mass is 464 g/mol. The average Bonchev–Trinajstić information content (AvgIpc) is 3.64. The van der Waals surface area contributed by atoms with Gasteiger partial charge in [-0.05, 0) is 42.5 Å². The number of hydrogen-bond acceptors (Lipinski definition) is 7. The van der Waals surface area contributed by atoms with Gasteiger partial charge in [0.1, 0.15) is 22.2 Å². The molecule has 0 saturated carbocycles. The van der Waals surface area contributed by atoms with Gasteiger partial charge in [-0.2, -0.15) is 9.90 Å². The average molecular weight is 465 g/mol. The molecule has 0 aliphatic carbocycles. The van der Waals surface area contributed by atoms with Crippen molar-refractivity contribution in [2.75, 3.05) is 5.32 Å². The van der Waals surface area contributed by atoms with Crippen molar-refractivity contribution in [2.45, 2.75) is 0 Å². The maximum Gasteiger partial charge on any atom is 0.275 e. The Morgan fingerprint density at radius 2 is 1.85 bits per heavy atom. The standard InChI is InChI=1S/C24H16N8OS/c33-23(21-14-34-24(30-21)20-13-26-32(31-20)17-4-2-1-3-5-17)27-16-6-7-18-19(12-16)29-22(28-18)15-8-10-25-11-9-15/h1-14H,(H,27,33)(H,28,29). The summed E-state index contributed by atoms with van der Waals surface area (Å²) in [4.78, 5) is 30.7. The summed E-state index contributed by atoms with van der Waals surface area (Å²) in [6.07, 6.45) is 5.08. The molecule has 0 saturated heterocycles. The summed E-state index contributed by atoms with van der Waals surface area (Å²) in [6.45, 7) is 0. The fraction of sp³-hybridized carbons (Fsp3) is 0. The molecule has 164 valence electrons. The second-order valence-electron chi connectivity index (χ2n) is 7.40. The molecule has 0 aliphatic rings. The van der Waals surface area contributed by atoms with E-state index in [-0.39, 0.29) is 5.91 Å². The Balaban J connectivity index is 1.20. The van der Waals surface area contributed by atoms with Crippen molar-refractivity contribution in [3.8, 4) is 27.8 Å². The van der Waals surface area contributed by atoms with E-state index in [9.17, 15) is 4.79 Å². The first-order chi connectivity index (χ1) is 16.7. The van der Waals surface area contributed by atoms with E-state index >= 15 is 0 Å². The van der Waals surface area contributed by atoms with Gasteiger partial charge in [0, 0.05) is 29.0 Å². The van der Waals surface area contributed by atoms with Crippen molar-refractivity contribution in [1.82, 2.24) is 34.9 Å². The third kappa shape index (κ3) is 3.82. The maximum atomic E-state index is 12.8. The van der Waals surface area contributed by atoms with Gasteiger partial charge in [0.25, 0.3) is 5.91 Å². The summed E-state index contributed by atoms with van der Waals surface area (Å²) < 4.78 is 0. The number of rotatable bonds is 5. The smallest absolute Gasteiger partial charge is 0.275 e. The summed E-state index contributed by atoms with van der Waals surface area (Å²) in [5.74, 6) is 0.444. The minimum Gasteiger partial charge on any atom is -0.338 e. The summed E-state index contributed by atoms with van der Waals surface area (Å²) in [5.41, 5.74) is 4.99. The van der Waals surface area contributed by atoms with E-state index in [4.69, 9.17) is 0 Å². The molecule has 0 radical (unpaired) electrons. The first-order valence-corrected chi connectivity index (χ1v) is 11.3. The second-order valence-corrected chi connectivity index (χ2v) is 8.26. The molecule has 0 aliphatic heterocycles. The molecule has 1 amide bonds. The van der Waals surface area contributed by atoms with Crippen LogP contribution in [0.25, 0.3) is 38.8 Å². The van der Waals surface area contributed by atoms with Crippen LogP contribution in [0.2, 0.25) is 0 Å². The molecule has 2 aromatic carbocycles. The van der Waals surface area contributed by atoms with Crippen LogP contribution in [0.5, 0.6) is 0 Å². The highest BCUT2D eigenvalue weighted by molar-refractivity contribution is 7.13. The number of imidazole rings is 1. The second kappa shape index (κ2) is 8.34. The minimum atomic E-state index is -0.300. The van der Waals surface area contributed by atoms with Crippen molar-refractivity contribution in [2.24, 2.45) is 0 Å². The van der Waals surface area contributed by atoms with Crippen LogP contribution in [0.15, 0.2) is 84.6 Å². The molecular formula is C24H16N8OS. The predicted molar refractivity (Wildman–Crippen MR) is 130 cm³/mol. The Kier molecular flexibility index (Phi) is 4.89. The van der Waals surface area contributed by atoms with Gasteiger partial charge >= 0.3 is 0 Å². The number of H-pyrrole nitrogens is 1. The lowest BCUT2D eigenvalue weighted by Gasteiger charge is -2.02. The van der Waals surface area contributed by atoms with Gasteiger partial charge in [-0.25, -0.2) is 9.97 Å². The summed E-state index contributed by atoms with van der Waals surface area (Å²) >= 11 is 1.34. The Morgan fingerprint density at radius 1 is 1.00 bits per heavy atom. The number of fused-ring (bicyclic) bond motifs is 1. The fourth-order valence-corrected chi connectivity index (χ4v) is 4.22. The number of carbonyl (C=O) groups excluding carboxylic acids is 1. The quantitative estimate of drug-likeness (QED) is 0.386. The molecule has 6 rings (SSSR count). The normalized spacial score (nSPS) is 11.1. The largest absolute Gasteiger partial charge is 0.338 e. The number of carbonyl (C=O) groups is 1. The van der Waals surface area contributed by atoms with Gasteiger partial charge in [0.05, 0.1) is 22.9 Å². The van der Waals surface area contributed by atoms with Crippen molar-refractivity contribution in [3.05, 3.63) is 90.3 Å². The number of aromatic amines is 1. The van der Waals surface area contributed by atoms with E-state index in [2.05, 4.69) is 35.5 Å². The number of nitrogens with zero attached hydrogens (tertiary/aromatic N) is 6. The zero-order valence-electron chi connectivity index (χ0n) is 17.6. The molecule has 2 N–H and O–H groups in total. The number of hydrogen-bond donors (Lipinski definition) is 2. The Labute approximate surface area is 197 Å². The summed E-state index contributed by atoms with van der Waals surface area (Å²) in [5, 5.41) is 14.0. The number of nitrogens with one attached hydrogen (secondary N) is 2. The van der Waals surface area contributed by atoms with Crippen LogP contribution in [0.1, 0.15) is 10.5 Å². The van der Waals surface area contributed by atoms with Gasteiger partial charge in [0.2, 0.25) is 0 Å². The van der Waals surface area contributed by atoms with Gasteiger partial charge in [-0.1, -0.05) is 18.2 Å². The zero-order valence-corrected chi connectivity index (χ0v) is 18.4. The lowest BCUT2D eigenvalue weighted by molar-refractivity contribution is 0.102. The lowest BCUT2D eigenvalue weighted by atomic mass is 10.2. The maximum absolute atomic E-state index is 12.8. The van der Waals surface area contributed by atoms with E-state index in [1.165, 1.54) is 16.1 Å². The molecule has 4 heterocycles.